The summed E-state index contributed by atoms with van der Waals surface area (Å²) in [6.07, 6.45) is 0.714. The number of amides is 2. The smallest absolute Gasteiger partial charge is 0.265 e. The Hall–Kier alpha value is -4.37. The lowest BCUT2D eigenvalue weighted by Crippen LogP contribution is -2.51. The normalized spacial score (nSPS) is 14.0. The molecule has 1 aliphatic heterocycles. The highest BCUT2D eigenvalue weighted by Crippen LogP contribution is 2.42. The van der Waals surface area contributed by atoms with Crippen LogP contribution in [0.2, 0.25) is 0 Å². The van der Waals surface area contributed by atoms with Gasteiger partial charge in [-0.3, -0.25) is 13.9 Å². The SMILES string of the molecule is COc1cccc(CN(C(=O)CCCN2c3cccc4cccc(c34)S2(=O)=O)[C@H](Cc2ccccc2)C(=O)NCC(C)C)c1. The molecule has 1 N–H and O–H groups in total. The number of carbonyl (C=O) groups excluding carboxylic acids is 2. The van der Waals surface area contributed by atoms with Gasteiger partial charge in [0.2, 0.25) is 11.8 Å². The first-order chi connectivity index (χ1) is 21.2. The molecular weight excluding hydrogens is 574 g/mol. The fraction of sp³-hybridized carbons (Fsp3) is 0.314. The molecule has 0 spiro atoms. The topological polar surface area (TPSA) is 96.0 Å². The zero-order valence-electron chi connectivity index (χ0n) is 25.4. The maximum atomic E-state index is 14.1. The van der Waals surface area contributed by atoms with Crippen LogP contribution in [0.5, 0.6) is 5.75 Å². The van der Waals surface area contributed by atoms with Gasteiger partial charge in [0.15, 0.2) is 0 Å². The number of hydrogen-bond donors (Lipinski definition) is 1. The van der Waals surface area contributed by atoms with Crippen molar-refractivity contribution in [3.8, 4) is 5.75 Å². The summed E-state index contributed by atoms with van der Waals surface area (Å²) in [5.41, 5.74) is 2.40. The van der Waals surface area contributed by atoms with Crippen molar-refractivity contribution in [2.75, 3.05) is 24.5 Å². The number of sulfonamides is 1. The van der Waals surface area contributed by atoms with Gasteiger partial charge in [0, 0.05) is 37.9 Å². The molecule has 5 rings (SSSR count). The van der Waals surface area contributed by atoms with Crippen LogP contribution in [0, 0.1) is 5.92 Å². The molecule has 0 fully saturated rings. The molecule has 4 aromatic rings. The zero-order chi connectivity index (χ0) is 31.3. The molecule has 230 valence electrons. The first kappa shape index (κ1) is 31.1. The number of nitrogens with zero attached hydrogens (tertiary/aromatic N) is 2. The lowest BCUT2D eigenvalue weighted by Gasteiger charge is -2.32. The Bertz CT molecular complexity index is 1730. The molecule has 9 heteroatoms. The number of rotatable bonds is 13. The molecule has 1 aliphatic rings. The molecular formula is C35H39N3O5S. The van der Waals surface area contributed by atoms with Crippen molar-refractivity contribution in [2.45, 2.75) is 50.6 Å². The van der Waals surface area contributed by atoms with E-state index in [0.29, 0.717) is 41.1 Å². The predicted octanol–water partition coefficient (Wildman–Crippen LogP) is 5.55. The maximum absolute atomic E-state index is 14.1. The van der Waals surface area contributed by atoms with E-state index in [9.17, 15) is 18.0 Å². The Morgan fingerprint density at radius 3 is 2.34 bits per heavy atom. The summed E-state index contributed by atoms with van der Waals surface area (Å²) in [4.78, 5) is 29.7. The molecule has 0 saturated carbocycles. The van der Waals surface area contributed by atoms with Crippen molar-refractivity contribution in [3.63, 3.8) is 0 Å². The van der Waals surface area contributed by atoms with Gasteiger partial charge in [-0.25, -0.2) is 8.42 Å². The lowest BCUT2D eigenvalue weighted by atomic mass is 10.0. The highest BCUT2D eigenvalue weighted by atomic mass is 32.2. The van der Waals surface area contributed by atoms with Crippen LogP contribution in [-0.4, -0.2) is 51.4 Å². The van der Waals surface area contributed by atoms with E-state index in [4.69, 9.17) is 4.74 Å². The molecule has 8 nitrogen and oxygen atoms in total. The van der Waals surface area contributed by atoms with Crippen molar-refractivity contribution in [3.05, 3.63) is 102 Å². The molecule has 1 heterocycles. The molecule has 0 unspecified atom stereocenters. The van der Waals surface area contributed by atoms with Crippen LogP contribution in [-0.2, 0) is 32.6 Å². The van der Waals surface area contributed by atoms with Gasteiger partial charge in [0.25, 0.3) is 10.0 Å². The zero-order valence-corrected chi connectivity index (χ0v) is 26.2. The fourth-order valence-corrected chi connectivity index (χ4v) is 7.41. The molecule has 1 atom stereocenters. The Morgan fingerprint density at radius 2 is 1.61 bits per heavy atom. The van der Waals surface area contributed by atoms with Gasteiger partial charge in [-0.15, -0.1) is 0 Å². The number of hydrogen-bond acceptors (Lipinski definition) is 5. The highest BCUT2D eigenvalue weighted by Gasteiger charge is 2.36. The molecule has 2 amide bonds. The van der Waals surface area contributed by atoms with Gasteiger partial charge in [-0.1, -0.05) is 80.6 Å². The summed E-state index contributed by atoms with van der Waals surface area (Å²) in [7, 11) is -2.14. The number of nitrogens with one attached hydrogen (secondary N) is 1. The van der Waals surface area contributed by atoms with E-state index >= 15 is 0 Å². The van der Waals surface area contributed by atoms with E-state index in [1.54, 1.807) is 24.1 Å². The third-order valence-corrected chi connectivity index (χ3v) is 9.73. The van der Waals surface area contributed by atoms with Gasteiger partial charge in [0.1, 0.15) is 11.8 Å². The van der Waals surface area contributed by atoms with Crippen molar-refractivity contribution in [1.29, 1.82) is 0 Å². The number of benzene rings is 4. The highest BCUT2D eigenvalue weighted by molar-refractivity contribution is 7.93. The number of methoxy groups -OCH3 is 1. The third kappa shape index (κ3) is 6.73. The summed E-state index contributed by atoms with van der Waals surface area (Å²) >= 11 is 0. The van der Waals surface area contributed by atoms with E-state index in [-0.39, 0.29) is 37.2 Å². The van der Waals surface area contributed by atoms with Gasteiger partial charge in [0.05, 0.1) is 17.7 Å². The monoisotopic (exact) mass is 613 g/mol. The Labute approximate surface area is 259 Å². The average Bonchev–Trinajstić information content (AvgIpc) is 3.25. The number of anilines is 1. The molecule has 0 bridgehead atoms. The van der Waals surface area contributed by atoms with Crippen LogP contribution in [0.4, 0.5) is 5.69 Å². The average molecular weight is 614 g/mol. The molecule has 0 aliphatic carbocycles. The molecule has 4 aromatic carbocycles. The fourth-order valence-electron chi connectivity index (χ4n) is 5.66. The molecule has 44 heavy (non-hydrogen) atoms. The van der Waals surface area contributed by atoms with E-state index in [2.05, 4.69) is 5.32 Å². The van der Waals surface area contributed by atoms with Crippen LogP contribution in [0.25, 0.3) is 10.8 Å². The van der Waals surface area contributed by atoms with Crippen LogP contribution < -0.4 is 14.4 Å². The van der Waals surface area contributed by atoms with Gasteiger partial charge in [-0.05, 0) is 53.1 Å². The van der Waals surface area contributed by atoms with Crippen LogP contribution in [0.1, 0.15) is 37.8 Å². The van der Waals surface area contributed by atoms with Crippen molar-refractivity contribution in [1.82, 2.24) is 10.2 Å². The number of carbonyl (C=O) groups is 2. The van der Waals surface area contributed by atoms with Gasteiger partial charge < -0.3 is 15.0 Å². The second kappa shape index (κ2) is 13.5. The Morgan fingerprint density at radius 1 is 0.909 bits per heavy atom. The minimum atomic E-state index is -3.73. The van der Waals surface area contributed by atoms with Crippen molar-refractivity contribution in [2.24, 2.45) is 5.92 Å². The minimum Gasteiger partial charge on any atom is -0.497 e. The second-order valence-electron chi connectivity index (χ2n) is 11.5. The summed E-state index contributed by atoms with van der Waals surface area (Å²) in [6.45, 7) is 4.89. The lowest BCUT2D eigenvalue weighted by molar-refractivity contribution is -0.141. The minimum absolute atomic E-state index is 0.0745. The molecule has 0 saturated heterocycles. The molecule has 0 radical (unpaired) electrons. The summed E-state index contributed by atoms with van der Waals surface area (Å²) in [5.74, 6) is 0.463. The van der Waals surface area contributed by atoms with Crippen molar-refractivity contribution < 1.29 is 22.7 Å². The summed E-state index contributed by atoms with van der Waals surface area (Å²) in [5, 5.41) is 4.61. The van der Waals surface area contributed by atoms with Crippen LogP contribution in [0.3, 0.4) is 0 Å². The summed E-state index contributed by atoms with van der Waals surface area (Å²) < 4.78 is 33.8. The van der Waals surface area contributed by atoms with E-state index < -0.39 is 16.1 Å². The summed E-state index contributed by atoms with van der Waals surface area (Å²) in [6, 6.07) is 27.2. The van der Waals surface area contributed by atoms with Crippen molar-refractivity contribution >= 4 is 38.3 Å². The second-order valence-corrected chi connectivity index (χ2v) is 13.4. The van der Waals surface area contributed by atoms with Crippen LogP contribution >= 0.6 is 0 Å². The standard InChI is InChI=1S/C35H39N3O5S/c1-25(2)23-36-35(40)31(22-26-11-5-4-6-12-26)37(24-27-13-7-16-29(21-27)43-3)33(39)19-10-20-38-30-17-8-14-28-15-9-18-32(34(28)30)44(38,41)42/h4-9,11-18,21,25,31H,10,19-20,22-24H2,1-3H3,(H,36,40)/t31-/m1/s1. The Balaban J connectivity index is 1.40. The first-order valence-corrected chi connectivity index (χ1v) is 16.4. The van der Waals surface area contributed by atoms with E-state index in [1.807, 2.05) is 92.7 Å². The quantitative estimate of drug-likeness (QED) is 0.213. The van der Waals surface area contributed by atoms with E-state index in [0.717, 1.165) is 16.5 Å². The number of ether oxygens (including phenoxy) is 1. The third-order valence-electron chi connectivity index (χ3n) is 7.88. The van der Waals surface area contributed by atoms with E-state index in [1.165, 1.54) is 4.31 Å². The predicted molar refractivity (Wildman–Crippen MR) is 173 cm³/mol. The Kier molecular flexibility index (Phi) is 9.54. The van der Waals surface area contributed by atoms with Crippen LogP contribution in [0.15, 0.2) is 95.9 Å². The molecule has 0 aromatic heterocycles. The maximum Gasteiger partial charge on any atom is 0.265 e. The van der Waals surface area contributed by atoms with Gasteiger partial charge in [-0.2, -0.15) is 0 Å². The first-order valence-electron chi connectivity index (χ1n) is 15.0. The van der Waals surface area contributed by atoms with Gasteiger partial charge >= 0.3 is 0 Å². The largest absolute Gasteiger partial charge is 0.497 e.